The molecule has 2 aromatic heterocycles. The number of amides is 1. The zero-order chi connectivity index (χ0) is 22.0. The minimum Gasteiger partial charge on any atom is -0.338 e. The van der Waals surface area contributed by atoms with E-state index in [1.807, 2.05) is 36.4 Å². The maximum absolute atomic E-state index is 13.4. The second-order valence-corrected chi connectivity index (χ2v) is 8.38. The van der Waals surface area contributed by atoms with E-state index in [1.54, 1.807) is 29.7 Å². The molecule has 4 rings (SSSR count). The van der Waals surface area contributed by atoms with Crippen LogP contribution in [0.15, 0.2) is 69.1 Å². The summed E-state index contributed by atoms with van der Waals surface area (Å²) in [6.45, 7) is 5.94. The molecule has 0 spiro atoms. The summed E-state index contributed by atoms with van der Waals surface area (Å²) in [7, 11) is 0. The third-order valence-electron chi connectivity index (χ3n) is 4.77. The van der Waals surface area contributed by atoms with E-state index in [9.17, 15) is 9.59 Å². The lowest BCUT2D eigenvalue weighted by Gasteiger charge is -2.18. The Labute approximate surface area is 183 Å². The van der Waals surface area contributed by atoms with Crippen molar-refractivity contribution >= 4 is 34.5 Å². The number of benzene rings is 2. The Morgan fingerprint density at radius 3 is 2.65 bits per heavy atom. The molecule has 0 saturated carbocycles. The molecule has 2 heterocycles. The van der Waals surface area contributed by atoms with Crippen LogP contribution in [0.2, 0.25) is 0 Å². The van der Waals surface area contributed by atoms with Gasteiger partial charge in [-0.1, -0.05) is 61.1 Å². The number of nitrogens with one attached hydrogen (secondary N) is 1. The standard InChI is InChI=1S/C23H22N4O3S/c1-14(2)16-8-5-7-11-19(16)27-22(29)17-9-4-6-10-18(17)24-23(27)31-13-20(28)25-21-12-15(3)26-30-21/h4-12,14H,13H2,1-3H3,(H,25,28). The van der Waals surface area contributed by atoms with Gasteiger partial charge < -0.3 is 4.52 Å². The molecule has 0 saturated heterocycles. The number of hydrogen-bond acceptors (Lipinski definition) is 6. The van der Waals surface area contributed by atoms with Gasteiger partial charge >= 0.3 is 0 Å². The summed E-state index contributed by atoms with van der Waals surface area (Å²) in [6, 6.07) is 16.7. The summed E-state index contributed by atoms with van der Waals surface area (Å²) in [6.07, 6.45) is 0. The van der Waals surface area contributed by atoms with Gasteiger partial charge in [-0.15, -0.1) is 0 Å². The minimum atomic E-state index is -0.271. The number of carbonyl (C=O) groups is 1. The molecule has 0 radical (unpaired) electrons. The van der Waals surface area contributed by atoms with Gasteiger partial charge in [0.15, 0.2) is 5.16 Å². The lowest BCUT2D eigenvalue weighted by atomic mass is 10.0. The number of nitrogens with zero attached hydrogens (tertiary/aromatic N) is 3. The molecule has 31 heavy (non-hydrogen) atoms. The van der Waals surface area contributed by atoms with Gasteiger partial charge in [-0.05, 0) is 36.6 Å². The SMILES string of the molecule is Cc1cc(NC(=O)CSc2nc3ccccc3c(=O)n2-c2ccccc2C(C)C)on1. The monoisotopic (exact) mass is 434 g/mol. The number of carbonyl (C=O) groups excluding carboxylic acids is 1. The van der Waals surface area contributed by atoms with Crippen LogP contribution in [0.1, 0.15) is 31.0 Å². The largest absolute Gasteiger partial charge is 0.338 e. The van der Waals surface area contributed by atoms with Crippen LogP contribution in [0.5, 0.6) is 0 Å². The normalized spacial score (nSPS) is 11.2. The highest BCUT2D eigenvalue weighted by Crippen LogP contribution is 2.27. The molecule has 4 aromatic rings. The number of anilines is 1. The summed E-state index contributed by atoms with van der Waals surface area (Å²) in [4.78, 5) is 30.6. The Balaban J connectivity index is 1.75. The molecule has 2 aromatic carbocycles. The van der Waals surface area contributed by atoms with Crippen LogP contribution >= 0.6 is 11.8 Å². The Morgan fingerprint density at radius 2 is 1.90 bits per heavy atom. The van der Waals surface area contributed by atoms with Crippen molar-refractivity contribution in [3.63, 3.8) is 0 Å². The fraction of sp³-hybridized carbons (Fsp3) is 0.217. The predicted molar refractivity (Wildman–Crippen MR) is 122 cm³/mol. The van der Waals surface area contributed by atoms with E-state index in [4.69, 9.17) is 9.51 Å². The predicted octanol–water partition coefficient (Wildman–Crippen LogP) is 4.54. The van der Waals surface area contributed by atoms with Gasteiger partial charge in [0.25, 0.3) is 5.56 Å². The summed E-state index contributed by atoms with van der Waals surface area (Å²) in [5.41, 5.74) is 2.92. The number of hydrogen-bond donors (Lipinski definition) is 1. The molecular formula is C23H22N4O3S. The van der Waals surface area contributed by atoms with Crippen LogP contribution in [0.3, 0.4) is 0 Å². The molecular weight excluding hydrogens is 412 g/mol. The number of para-hydroxylation sites is 2. The topological polar surface area (TPSA) is 90.0 Å². The third kappa shape index (κ3) is 4.39. The quantitative estimate of drug-likeness (QED) is 0.354. The second-order valence-electron chi connectivity index (χ2n) is 7.44. The summed E-state index contributed by atoms with van der Waals surface area (Å²) >= 11 is 1.20. The Morgan fingerprint density at radius 1 is 1.16 bits per heavy atom. The molecule has 0 fully saturated rings. The lowest BCUT2D eigenvalue weighted by Crippen LogP contribution is -2.24. The van der Waals surface area contributed by atoms with Crippen molar-refractivity contribution in [2.45, 2.75) is 31.8 Å². The van der Waals surface area contributed by atoms with E-state index in [-0.39, 0.29) is 29.0 Å². The summed E-state index contributed by atoms with van der Waals surface area (Å²) in [5, 5.41) is 7.42. The number of fused-ring (bicyclic) bond motifs is 1. The first-order valence-corrected chi connectivity index (χ1v) is 10.9. The zero-order valence-corrected chi connectivity index (χ0v) is 18.3. The van der Waals surface area contributed by atoms with Gasteiger partial charge in [0.05, 0.1) is 28.0 Å². The minimum absolute atomic E-state index is 0.0639. The maximum Gasteiger partial charge on any atom is 0.266 e. The third-order valence-corrected chi connectivity index (χ3v) is 5.71. The summed E-state index contributed by atoms with van der Waals surface area (Å²) < 4.78 is 6.64. The van der Waals surface area contributed by atoms with Crippen molar-refractivity contribution in [2.24, 2.45) is 0 Å². The fourth-order valence-corrected chi connectivity index (χ4v) is 4.13. The van der Waals surface area contributed by atoms with Gasteiger partial charge in [-0.3, -0.25) is 19.5 Å². The molecule has 0 atom stereocenters. The first kappa shape index (κ1) is 20.9. The molecule has 1 N–H and O–H groups in total. The van der Waals surface area contributed by atoms with Crippen molar-refractivity contribution in [2.75, 3.05) is 11.1 Å². The van der Waals surface area contributed by atoms with Crippen LogP contribution in [0.25, 0.3) is 16.6 Å². The lowest BCUT2D eigenvalue weighted by molar-refractivity contribution is -0.113. The number of rotatable bonds is 6. The molecule has 0 unspecified atom stereocenters. The number of thioether (sulfide) groups is 1. The van der Waals surface area contributed by atoms with E-state index in [0.29, 0.717) is 21.8 Å². The average Bonchev–Trinajstić information content (AvgIpc) is 3.17. The van der Waals surface area contributed by atoms with Crippen molar-refractivity contribution in [3.8, 4) is 5.69 Å². The highest BCUT2D eigenvalue weighted by atomic mass is 32.2. The van der Waals surface area contributed by atoms with E-state index in [0.717, 1.165) is 11.3 Å². The molecule has 1 amide bonds. The molecule has 0 aliphatic rings. The van der Waals surface area contributed by atoms with E-state index in [2.05, 4.69) is 24.3 Å². The highest BCUT2D eigenvalue weighted by Gasteiger charge is 2.18. The summed E-state index contributed by atoms with van der Waals surface area (Å²) in [5.74, 6) is 0.295. The first-order chi connectivity index (χ1) is 14.9. The number of aryl methyl sites for hydroxylation is 1. The molecule has 7 nitrogen and oxygen atoms in total. The Hall–Kier alpha value is -3.39. The molecule has 0 aliphatic carbocycles. The van der Waals surface area contributed by atoms with Crippen molar-refractivity contribution in [1.29, 1.82) is 0 Å². The molecule has 8 heteroatoms. The van der Waals surface area contributed by atoms with Crippen LogP contribution in [0, 0.1) is 6.92 Å². The van der Waals surface area contributed by atoms with Gasteiger partial charge in [0.1, 0.15) is 0 Å². The zero-order valence-electron chi connectivity index (χ0n) is 17.5. The molecule has 0 aliphatic heterocycles. The first-order valence-electron chi connectivity index (χ1n) is 9.91. The van der Waals surface area contributed by atoms with Crippen molar-refractivity contribution in [3.05, 3.63) is 76.2 Å². The van der Waals surface area contributed by atoms with Gasteiger partial charge in [-0.25, -0.2) is 4.98 Å². The van der Waals surface area contributed by atoms with Crippen molar-refractivity contribution in [1.82, 2.24) is 14.7 Å². The average molecular weight is 435 g/mol. The fourth-order valence-electron chi connectivity index (χ4n) is 3.33. The van der Waals surface area contributed by atoms with Crippen LogP contribution in [-0.4, -0.2) is 26.4 Å². The van der Waals surface area contributed by atoms with E-state index >= 15 is 0 Å². The van der Waals surface area contributed by atoms with Gasteiger partial charge in [0, 0.05) is 6.07 Å². The Kier molecular flexibility index (Phi) is 5.90. The van der Waals surface area contributed by atoms with Crippen LogP contribution in [-0.2, 0) is 4.79 Å². The molecule has 158 valence electrons. The maximum atomic E-state index is 13.4. The van der Waals surface area contributed by atoms with Gasteiger partial charge in [-0.2, -0.15) is 0 Å². The number of aromatic nitrogens is 3. The van der Waals surface area contributed by atoms with Crippen LogP contribution in [0.4, 0.5) is 5.88 Å². The van der Waals surface area contributed by atoms with E-state index < -0.39 is 0 Å². The van der Waals surface area contributed by atoms with E-state index in [1.165, 1.54) is 11.8 Å². The van der Waals surface area contributed by atoms with Crippen LogP contribution < -0.4 is 10.9 Å². The highest BCUT2D eigenvalue weighted by molar-refractivity contribution is 7.99. The smallest absolute Gasteiger partial charge is 0.266 e. The van der Waals surface area contributed by atoms with Gasteiger partial charge in [0.2, 0.25) is 11.8 Å². The second kappa shape index (κ2) is 8.77. The Bertz CT molecular complexity index is 1310. The van der Waals surface area contributed by atoms with Crippen molar-refractivity contribution < 1.29 is 9.32 Å². The molecule has 0 bridgehead atoms.